The molecule has 0 bridgehead atoms. The smallest absolute Gasteiger partial charge is 0.242 e. The third-order valence-corrected chi connectivity index (χ3v) is 3.83. The maximum atomic E-state index is 12.2. The fraction of sp³-hybridized carbons (Fsp3) is 0.529. The molecule has 0 aromatic heterocycles. The molecule has 1 aliphatic rings. The van der Waals surface area contributed by atoms with E-state index in [9.17, 15) is 9.59 Å². The number of nitrogens with one attached hydrogen (secondary N) is 1. The molecular weight excluding hydrogens is 280 g/mol. The predicted molar refractivity (Wildman–Crippen MR) is 84.4 cm³/mol. The van der Waals surface area contributed by atoms with Crippen molar-refractivity contribution in [3.05, 3.63) is 35.9 Å². The Morgan fingerprint density at radius 3 is 2.73 bits per heavy atom. The third-order valence-electron chi connectivity index (χ3n) is 3.83. The molecular formula is C17H24N2O3. The van der Waals surface area contributed by atoms with Gasteiger partial charge in [-0.25, -0.2) is 0 Å². The highest BCUT2D eigenvalue weighted by molar-refractivity contribution is 5.85. The first kappa shape index (κ1) is 16.5. The standard InChI is InChI=1S/C17H24N2O3/c1-2-19(13-15-9-6-10-22-15)17(21)12-18-16(20)11-14-7-4-3-5-8-14/h3-5,7-8,15H,2,6,9-13H2,1H3,(H,18,20)/t15-/m0/s1. The van der Waals surface area contributed by atoms with Gasteiger partial charge in [0.05, 0.1) is 19.1 Å². The SMILES string of the molecule is CCN(C[C@@H]1CCCO1)C(=O)CNC(=O)Cc1ccccc1. The maximum absolute atomic E-state index is 12.2. The predicted octanol–water partition coefficient (Wildman–Crippen LogP) is 1.37. The van der Waals surface area contributed by atoms with Gasteiger partial charge in [0.15, 0.2) is 0 Å². The molecule has 120 valence electrons. The van der Waals surface area contributed by atoms with Crippen LogP contribution in [0.2, 0.25) is 0 Å². The van der Waals surface area contributed by atoms with E-state index in [0.29, 0.717) is 19.5 Å². The highest BCUT2D eigenvalue weighted by atomic mass is 16.5. The van der Waals surface area contributed by atoms with Gasteiger partial charge in [-0.05, 0) is 25.3 Å². The molecule has 1 fully saturated rings. The van der Waals surface area contributed by atoms with Crippen molar-refractivity contribution < 1.29 is 14.3 Å². The van der Waals surface area contributed by atoms with Crippen molar-refractivity contribution in [1.82, 2.24) is 10.2 Å². The summed E-state index contributed by atoms with van der Waals surface area (Å²) in [7, 11) is 0. The van der Waals surface area contributed by atoms with Crippen LogP contribution < -0.4 is 5.32 Å². The van der Waals surface area contributed by atoms with Gasteiger partial charge in [0.1, 0.15) is 0 Å². The van der Waals surface area contributed by atoms with Crippen molar-refractivity contribution in [1.29, 1.82) is 0 Å². The van der Waals surface area contributed by atoms with Crippen LogP contribution in [0.25, 0.3) is 0 Å². The third kappa shape index (κ3) is 5.15. The summed E-state index contributed by atoms with van der Waals surface area (Å²) in [4.78, 5) is 25.8. The second-order valence-electron chi connectivity index (χ2n) is 5.51. The molecule has 1 aliphatic heterocycles. The summed E-state index contributed by atoms with van der Waals surface area (Å²) in [6.45, 7) is 4.02. The van der Waals surface area contributed by atoms with E-state index in [4.69, 9.17) is 4.74 Å². The van der Waals surface area contributed by atoms with E-state index in [1.807, 2.05) is 37.3 Å². The number of benzene rings is 1. The van der Waals surface area contributed by atoms with Crippen molar-refractivity contribution in [2.75, 3.05) is 26.2 Å². The Morgan fingerprint density at radius 1 is 1.32 bits per heavy atom. The van der Waals surface area contributed by atoms with Crippen LogP contribution in [0.3, 0.4) is 0 Å². The van der Waals surface area contributed by atoms with Gasteiger partial charge in [0.25, 0.3) is 0 Å². The van der Waals surface area contributed by atoms with Gasteiger partial charge < -0.3 is 15.0 Å². The topological polar surface area (TPSA) is 58.6 Å². The zero-order chi connectivity index (χ0) is 15.8. The minimum atomic E-state index is -0.132. The fourth-order valence-corrected chi connectivity index (χ4v) is 2.57. The molecule has 1 aromatic carbocycles. The number of amides is 2. The average Bonchev–Trinajstić information content (AvgIpc) is 3.04. The molecule has 1 aromatic rings. The quantitative estimate of drug-likeness (QED) is 0.828. The van der Waals surface area contributed by atoms with Gasteiger partial charge in [-0.1, -0.05) is 30.3 Å². The lowest BCUT2D eigenvalue weighted by molar-refractivity contribution is -0.133. The van der Waals surface area contributed by atoms with Crippen LogP contribution in [0, 0.1) is 0 Å². The fourth-order valence-electron chi connectivity index (χ4n) is 2.57. The molecule has 2 rings (SSSR count). The van der Waals surface area contributed by atoms with E-state index < -0.39 is 0 Å². The van der Waals surface area contributed by atoms with Crippen LogP contribution >= 0.6 is 0 Å². The van der Waals surface area contributed by atoms with Crippen molar-refractivity contribution in [2.24, 2.45) is 0 Å². The zero-order valence-electron chi connectivity index (χ0n) is 13.1. The molecule has 5 nitrogen and oxygen atoms in total. The number of carbonyl (C=O) groups excluding carboxylic acids is 2. The number of nitrogens with zero attached hydrogens (tertiary/aromatic N) is 1. The second-order valence-corrected chi connectivity index (χ2v) is 5.51. The van der Waals surface area contributed by atoms with Crippen molar-refractivity contribution in [2.45, 2.75) is 32.3 Å². The molecule has 2 amide bonds. The van der Waals surface area contributed by atoms with Gasteiger partial charge in [-0.3, -0.25) is 9.59 Å². The number of rotatable bonds is 7. The monoisotopic (exact) mass is 304 g/mol. The minimum absolute atomic E-state index is 0.0478. The Bertz CT molecular complexity index is 484. The lowest BCUT2D eigenvalue weighted by atomic mass is 10.1. The molecule has 5 heteroatoms. The first-order valence-electron chi connectivity index (χ1n) is 7.89. The summed E-state index contributed by atoms with van der Waals surface area (Å²) in [5.41, 5.74) is 0.944. The second kappa shape index (κ2) is 8.54. The highest BCUT2D eigenvalue weighted by Gasteiger charge is 2.21. The number of likely N-dealkylation sites (N-methyl/N-ethyl adjacent to an activating group) is 1. The number of hydrogen-bond donors (Lipinski definition) is 1. The molecule has 1 saturated heterocycles. The van der Waals surface area contributed by atoms with Gasteiger partial charge >= 0.3 is 0 Å². The van der Waals surface area contributed by atoms with Gasteiger partial charge in [-0.15, -0.1) is 0 Å². The summed E-state index contributed by atoms with van der Waals surface area (Å²) in [5.74, 6) is -0.188. The zero-order valence-corrected chi connectivity index (χ0v) is 13.1. The normalized spacial score (nSPS) is 17.2. The van der Waals surface area contributed by atoms with Crippen LogP contribution in [0.15, 0.2) is 30.3 Å². The lowest BCUT2D eigenvalue weighted by Crippen LogP contribution is -2.43. The van der Waals surface area contributed by atoms with E-state index in [1.54, 1.807) is 4.90 Å². The summed E-state index contributed by atoms with van der Waals surface area (Å²) >= 11 is 0. The molecule has 0 saturated carbocycles. The highest BCUT2D eigenvalue weighted by Crippen LogP contribution is 2.13. The Hall–Kier alpha value is -1.88. The largest absolute Gasteiger partial charge is 0.376 e. The van der Waals surface area contributed by atoms with E-state index >= 15 is 0 Å². The van der Waals surface area contributed by atoms with E-state index in [2.05, 4.69) is 5.32 Å². The molecule has 0 spiro atoms. The van der Waals surface area contributed by atoms with Crippen molar-refractivity contribution in [3.8, 4) is 0 Å². The number of ether oxygens (including phenoxy) is 1. The Kier molecular flexibility index (Phi) is 6.40. The van der Waals surface area contributed by atoms with Crippen molar-refractivity contribution >= 4 is 11.8 Å². The van der Waals surface area contributed by atoms with Gasteiger partial charge in [-0.2, -0.15) is 0 Å². The summed E-state index contributed by atoms with van der Waals surface area (Å²) < 4.78 is 5.56. The molecule has 1 N–H and O–H groups in total. The summed E-state index contributed by atoms with van der Waals surface area (Å²) in [6, 6.07) is 9.51. The average molecular weight is 304 g/mol. The molecule has 0 aliphatic carbocycles. The van der Waals surface area contributed by atoms with E-state index in [-0.39, 0.29) is 24.5 Å². The summed E-state index contributed by atoms with van der Waals surface area (Å²) in [6.07, 6.45) is 2.50. The van der Waals surface area contributed by atoms with E-state index in [1.165, 1.54) is 0 Å². The first-order chi connectivity index (χ1) is 10.7. The molecule has 22 heavy (non-hydrogen) atoms. The number of hydrogen-bond acceptors (Lipinski definition) is 3. The van der Waals surface area contributed by atoms with Gasteiger partial charge in [0.2, 0.25) is 11.8 Å². The summed E-state index contributed by atoms with van der Waals surface area (Å²) in [5, 5.41) is 2.70. The molecule has 1 heterocycles. The Labute approximate surface area is 131 Å². The molecule has 0 radical (unpaired) electrons. The molecule has 1 atom stereocenters. The van der Waals surface area contributed by atoms with Crippen LogP contribution in [0.5, 0.6) is 0 Å². The van der Waals surface area contributed by atoms with Crippen LogP contribution in [-0.2, 0) is 20.7 Å². The molecule has 0 unspecified atom stereocenters. The van der Waals surface area contributed by atoms with Crippen LogP contribution in [0.4, 0.5) is 0 Å². The van der Waals surface area contributed by atoms with Gasteiger partial charge in [0, 0.05) is 19.7 Å². The Balaban J connectivity index is 1.74. The Morgan fingerprint density at radius 2 is 2.09 bits per heavy atom. The van der Waals surface area contributed by atoms with Crippen LogP contribution in [-0.4, -0.2) is 49.1 Å². The maximum Gasteiger partial charge on any atom is 0.242 e. The minimum Gasteiger partial charge on any atom is -0.376 e. The van der Waals surface area contributed by atoms with Crippen molar-refractivity contribution in [3.63, 3.8) is 0 Å². The lowest BCUT2D eigenvalue weighted by Gasteiger charge is -2.24. The van der Waals surface area contributed by atoms with E-state index in [0.717, 1.165) is 25.0 Å². The first-order valence-corrected chi connectivity index (χ1v) is 7.89. The van der Waals surface area contributed by atoms with Crippen LogP contribution in [0.1, 0.15) is 25.3 Å². The number of carbonyl (C=O) groups is 2.